The molecule has 2 aromatic carbocycles. The van der Waals surface area contributed by atoms with Crippen LogP contribution in [0.15, 0.2) is 36.4 Å². The SMILES string of the molecule is O=C(O)c1ccc2c(c1)N(C[C@@H]1CC[C@H]1CCO)CC1(CCCc3cc(Cl)ccc31)CO2. The average Bonchev–Trinajstić information content (AvgIpc) is 2.92. The van der Waals surface area contributed by atoms with E-state index in [1.54, 1.807) is 12.1 Å². The van der Waals surface area contributed by atoms with Crippen LogP contribution < -0.4 is 9.64 Å². The molecule has 5 rings (SSSR count). The Morgan fingerprint density at radius 2 is 2.03 bits per heavy atom. The van der Waals surface area contributed by atoms with Gasteiger partial charge in [-0.05, 0) is 91.8 Å². The van der Waals surface area contributed by atoms with E-state index in [1.165, 1.54) is 11.1 Å². The predicted molar refractivity (Wildman–Crippen MR) is 125 cm³/mol. The number of halogens is 1. The highest BCUT2D eigenvalue weighted by Gasteiger charge is 2.43. The molecule has 5 nitrogen and oxygen atoms in total. The molecule has 3 aliphatic rings. The Balaban J connectivity index is 1.54. The van der Waals surface area contributed by atoms with Crippen molar-refractivity contribution in [3.63, 3.8) is 0 Å². The molecule has 2 aliphatic carbocycles. The highest BCUT2D eigenvalue weighted by molar-refractivity contribution is 6.30. The zero-order chi connectivity index (χ0) is 22.3. The predicted octanol–water partition coefficient (Wildman–Crippen LogP) is 4.92. The number of hydrogen-bond acceptors (Lipinski definition) is 4. The Morgan fingerprint density at radius 1 is 1.19 bits per heavy atom. The second kappa shape index (κ2) is 8.60. The van der Waals surface area contributed by atoms with E-state index >= 15 is 0 Å². The number of nitrogens with zero attached hydrogens (tertiary/aromatic N) is 1. The number of carbonyl (C=O) groups is 1. The molecule has 0 bridgehead atoms. The number of hydrogen-bond donors (Lipinski definition) is 2. The third-order valence-electron chi connectivity index (χ3n) is 7.81. The zero-order valence-electron chi connectivity index (χ0n) is 18.2. The molecule has 1 aliphatic heterocycles. The van der Waals surface area contributed by atoms with Gasteiger partial charge >= 0.3 is 5.97 Å². The van der Waals surface area contributed by atoms with Crippen molar-refractivity contribution in [3.05, 3.63) is 58.1 Å². The van der Waals surface area contributed by atoms with Crippen molar-refractivity contribution in [1.82, 2.24) is 0 Å². The number of fused-ring (bicyclic) bond motifs is 3. The summed E-state index contributed by atoms with van der Waals surface area (Å²) in [6.45, 7) is 2.44. The van der Waals surface area contributed by atoms with E-state index in [0.29, 0.717) is 18.4 Å². The molecular weight excluding hydrogens is 426 g/mol. The van der Waals surface area contributed by atoms with Crippen molar-refractivity contribution in [2.75, 3.05) is 31.2 Å². The first-order chi connectivity index (χ1) is 15.5. The number of aliphatic hydroxyl groups excluding tert-OH is 1. The molecule has 2 N–H and O–H groups in total. The number of ether oxygens (including phenoxy) is 1. The van der Waals surface area contributed by atoms with Gasteiger partial charge in [0.1, 0.15) is 5.75 Å². The Morgan fingerprint density at radius 3 is 2.78 bits per heavy atom. The first-order valence-corrected chi connectivity index (χ1v) is 12.0. The minimum atomic E-state index is -0.925. The highest BCUT2D eigenvalue weighted by Crippen LogP contribution is 2.46. The fourth-order valence-corrected chi connectivity index (χ4v) is 6.15. The van der Waals surface area contributed by atoms with Gasteiger partial charge in [-0.3, -0.25) is 0 Å². The van der Waals surface area contributed by atoms with Crippen LogP contribution in [0.1, 0.15) is 53.6 Å². The molecule has 1 fully saturated rings. The number of benzene rings is 2. The molecule has 1 heterocycles. The van der Waals surface area contributed by atoms with Gasteiger partial charge in [0.15, 0.2) is 0 Å². The summed E-state index contributed by atoms with van der Waals surface area (Å²) in [5.41, 5.74) is 3.61. The summed E-state index contributed by atoms with van der Waals surface area (Å²) < 4.78 is 6.39. The van der Waals surface area contributed by atoms with Crippen LogP contribution in [-0.2, 0) is 11.8 Å². The molecule has 0 amide bonds. The number of anilines is 1. The maximum Gasteiger partial charge on any atom is 0.335 e. The van der Waals surface area contributed by atoms with E-state index in [2.05, 4.69) is 17.0 Å². The van der Waals surface area contributed by atoms with Gasteiger partial charge in [0, 0.05) is 30.1 Å². The first kappa shape index (κ1) is 21.6. The van der Waals surface area contributed by atoms with Crippen LogP contribution in [-0.4, -0.2) is 42.5 Å². The van der Waals surface area contributed by atoms with Gasteiger partial charge < -0.3 is 19.8 Å². The van der Waals surface area contributed by atoms with Crippen molar-refractivity contribution >= 4 is 23.3 Å². The van der Waals surface area contributed by atoms with E-state index in [-0.39, 0.29) is 17.6 Å². The van der Waals surface area contributed by atoms with Gasteiger partial charge in [0.2, 0.25) is 0 Å². The molecule has 6 heteroatoms. The molecule has 0 saturated heterocycles. The summed E-state index contributed by atoms with van der Waals surface area (Å²) in [5, 5.41) is 19.8. The third-order valence-corrected chi connectivity index (χ3v) is 8.05. The molecule has 2 aromatic rings. The zero-order valence-corrected chi connectivity index (χ0v) is 19.0. The standard InChI is InChI=1S/C26H30ClNO4/c27-21-6-7-22-18(12-21)2-1-10-26(22)15-28(14-20-4-3-17(20)9-11-29)23-13-19(25(30)31)5-8-24(23)32-16-26/h5-8,12-13,17,20,29H,1-4,9-11,14-16H2,(H,30,31)/t17-,20-,26?/m0/s1. The summed E-state index contributed by atoms with van der Waals surface area (Å²) in [5.74, 6) is 0.868. The maximum absolute atomic E-state index is 11.7. The summed E-state index contributed by atoms with van der Waals surface area (Å²) >= 11 is 6.31. The van der Waals surface area contributed by atoms with Crippen molar-refractivity contribution in [1.29, 1.82) is 0 Å². The molecule has 1 saturated carbocycles. The third kappa shape index (κ3) is 3.86. The van der Waals surface area contributed by atoms with Gasteiger partial charge in [-0.2, -0.15) is 0 Å². The number of carboxylic acid groups (broad SMARTS) is 1. The van der Waals surface area contributed by atoms with Gasteiger partial charge in [-0.1, -0.05) is 17.7 Å². The van der Waals surface area contributed by atoms with Crippen LogP contribution >= 0.6 is 11.6 Å². The fraction of sp³-hybridized carbons (Fsp3) is 0.500. The normalized spacial score (nSPS) is 26.5. The Hall–Kier alpha value is -2.24. The van der Waals surface area contributed by atoms with E-state index in [1.807, 2.05) is 12.1 Å². The van der Waals surface area contributed by atoms with E-state index in [4.69, 9.17) is 16.3 Å². The molecule has 3 atom stereocenters. The second-order valence-electron chi connectivity index (χ2n) is 9.70. The number of aliphatic hydroxyl groups is 1. The molecule has 1 spiro atoms. The van der Waals surface area contributed by atoms with Gasteiger partial charge in [0.05, 0.1) is 17.9 Å². The Bertz CT molecular complexity index is 1020. The van der Waals surface area contributed by atoms with Crippen molar-refractivity contribution in [2.24, 2.45) is 11.8 Å². The van der Waals surface area contributed by atoms with E-state index < -0.39 is 5.97 Å². The monoisotopic (exact) mass is 455 g/mol. The average molecular weight is 456 g/mol. The lowest BCUT2D eigenvalue weighted by Crippen LogP contribution is -2.48. The van der Waals surface area contributed by atoms with Crippen LogP contribution in [0.3, 0.4) is 0 Å². The van der Waals surface area contributed by atoms with Crippen LogP contribution in [0.4, 0.5) is 5.69 Å². The molecule has 0 radical (unpaired) electrons. The maximum atomic E-state index is 11.7. The molecule has 170 valence electrons. The van der Waals surface area contributed by atoms with Crippen molar-refractivity contribution in [2.45, 2.75) is 43.9 Å². The second-order valence-corrected chi connectivity index (χ2v) is 10.1. The smallest absolute Gasteiger partial charge is 0.335 e. The summed E-state index contributed by atoms with van der Waals surface area (Å²) in [4.78, 5) is 14.1. The summed E-state index contributed by atoms with van der Waals surface area (Å²) in [7, 11) is 0. The largest absolute Gasteiger partial charge is 0.490 e. The van der Waals surface area contributed by atoms with Crippen LogP contribution in [0, 0.1) is 11.8 Å². The van der Waals surface area contributed by atoms with Crippen LogP contribution in [0.25, 0.3) is 0 Å². The van der Waals surface area contributed by atoms with E-state index in [9.17, 15) is 15.0 Å². The van der Waals surface area contributed by atoms with E-state index in [0.717, 1.165) is 68.1 Å². The Kier molecular flexibility index (Phi) is 5.81. The topological polar surface area (TPSA) is 70.0 Å². The fourth-order valence-electron chi connectivity index (χ4n) is 5.95. The first-order valence-electron chi connectivity index (χ1n) is 11.6. The van der Waals surface area contributed by atoms with Crippen molar-refractivity contribution < 1.29 is 19.7 Å². The lowest BCUT2D eigenvalue weighted by atomic mass is 9.69. The lowest BCUT2D eigenvalue weighted by Gasteiger charge is -2.44. The molecule has 32 heavy (non-hydrogen) atoms. The number of aryl methyl sites for hydroxylation is 1. The quantitative estimate of drug-likeness (QED) is 0.669. The summed E-state index contributed by atoms with van der Waals surface area (Å²) in [6, 6.07) is 11.4. The van der Waals surface area contributed by atoms with Gasteiger partial charge in [-0.25, -0.2) is 4.79 Å². The number of rotatable bonds is 5. The minimum Gasteiger partial charge on any atom is -0.490 e. The minimum absolute atomic E-state index is 0.156. The molecule has 1 unspecified atom stereocenters. The highest BCUT2D eigenvalue weighted by atomic mass is 35.5. The lowest BCUT2D eigenvalue weighted by molar-refractivity contribution is 0.0697. The Labute approximate surface area is 194 Å². The number of carboxylic acids is 1. The molecular formula is C26H30ClNO4. The van der Waals surface area contributed by atoms with Gasteiger partial charge in [0.25, 0.3) is 0 Å². The van der Waals surface area contributed by atoms with Crippen LogP contribution in [0.2, 0.25) is 5.02 Å². The number of aromatic carboxylic acids is 1. The summed E-state index contributed by atoms with van der Waals surface area (Å²) in [6.07, 6.45) is 6.28. The van der Waals surface area contributed by atoms with Crippen molar-refractivity contribution in [3.8, 4) is 5.75 Å². The van der Waals surface area contributed by atoms with Gasteiger partial charge in [-0.15, -0.1) is 0 Å². The molecule has 0 aromatic heterocycles. The van der Waals surface area contributed by atoms with Crippen LogP contribution in [0.5, 0.6) is 5.75 Å².